The fraction of sp³-hybridized carbons (Fsp3) is 0.867. The predicted molar refractivity (Wildman–Crippen MR) is 75.3 cm³/mol. The Kier molecular flexibility index (Phi) is 5.16. The molecule has 0 atom stereocenters. The first kappa shape index (κ1) is 15.4. The summed E-state index contributed by atoms with van der Waals surface area (Å²) in [5.41, 5.74) is 0.447. The van der Waals surface area contributed by atoms with Crippen LogP contribution in [0.1, 0.15) is 77.3 Å². The quantitative estimate of drug-likeness (QED) is 0.742. The average molecular weight is 282 g/mol. The van der Waals surface area contributed by atoms with Crippen LogP contribution in [-0.2, 0) is 9.47 Å². The van der Waals surface area contributed by atoms with Crippen LogP contribution in [0.15, 0.2) is 4.52 Å². The van der Waals surface area contributed by atoms with E-state index in [1.54, 1.807) is 0 Å². The lowest BCUT2D eigenvalue weighted by Gasteiger charge is -2.32. The van der Waals surface area contributed by atoms with Gasteiger partial charge in [-0.25, -0.2) is 0 Å². The normalized spacial score (nSPS) is 19.6. The summed E-state index contributed by atoms with van der Waals surface area (Å²) in [7, 11) is 0. The highest BCUT2D eigenvalue weighted by atomic mass is 16.7. The third-order valence-corrected chi connectivity index (χ3v) is 4.00. The molecule has 5 heteroatoms. The molecule has 20 heavy (non-hydrogen) atoms. The van der Waals surface area contributed by atoms with Gasteiger partial charge >= 0.3 is 0 Å². The highest BCUT2D eigenvalue weighted by molar-refractivity contribution is 4.99. The third kappa shape index (κ3) is 3.79. The van der Waals surface area contributed by atoms with E-state index < -0.39 is 6.29 Å². The Bertz CT molecular complexity index is 401. The second-order valence-corrected chi connectivity index (χ2v) is 6.17. The molecule has 0 aromatic carbocycles. The SMILES string of the molecule is CCOC(OCC)c1nc(C2CCC(C)(C)CC2)no1. The largest absolute Gasteiger partial charge is 0.345 e. The van der Waals surface area contributed by atoms with E-state index in [4.69, 9.17) is 14.0 Å². The van der Waals surface area contributed by atoms with E-state index in [2.05, 4.69) is 24.0 Å². The van der Waals surface area contributed by atoms with Crippen molar-refractivity contribution >= 4 is 0 Å². The van der Waals surface area contributed by atoms with Gasteiger partial charge in [-0.15, -0.1) is 0 Å². The molecule has 0 amide bonds. The van der Waals surface area contributed by atoms with Crippen LogP contribution < -0.4 is 0 Å². The fourth-order valence-corrected chi connectivity index (χ4v) is 2.66. The summed E-state index contributed by atoms with van der Waals surface area (Å²) in [6.07, 6.45) is 4.13. The van der Waals surface area contributed by atoms with Gasteiger partial charge < -0.3 is 14.0 Å². The molecular formula is C15H26N2O3. The van der Waals surface area contributed by atoms with Crippen molar-refractivity contribution in [2.75, 3.05) is 13.2 Å². The molecule has 1 aromatic heterocycles. The van der Waals surface area contributed by atoms with Gasteiger partial charge in [0.25, 0.3) is 5.89 Å². The zero-order chi connectivity index (χ0) is 14.6. The monoisotopic (exact) mass is 282 g/mol. The van der Waals surface area contributed by atoms with Crippen LogP contribution in [0.25, 0.3) is 0 Å². The molecule has 2 rings (SSSR count). The van der Waals surface area contributed by atoms with Gasteiger partial charge in [-0.1, -0.05) is 19.0 Å². The van der Waals surface area contributed by atoms with Crippen LogP contribution in [0.3, 0.4) is 0 Å². The summed E-state index contributed by atoms with van der Waals surface area (Å²) in [4.78, 5) is 4.49. The van der Waals surface area contributed by atoms with Crippen molar-refractivity contribution in [3.05, 3.63) is 11.7 Å². The molecule has 1 fully saturated rings. The first-order valence-corrected chi connectivity index (χ1v) is 7.62. The Hall–Kier alpha value is -0.940. The van der Waals surface area contributed by atoms with E-state index in [-0.39, 0.29) is 0 Å². The number of hydrogen-bond acceptors (Lipinski definition) is 5. The molecule has 1 heterocycles. The molecule has 1 aromatic rings. The van der Waals surface area contributed by atoms with Crippen molar-refractivity contribution in [2.24, 2.45) is 5.41 Å². The number of rotatable bonds is 6. The van der Waals surface area contributed by atoms with Gasteiger partial charge in [0.05, 0.1) is 0 Å². The van der Waals surface area contributed by atoms with Gasteiger partial charge in [-0.05, 0) is 44.9 Å². The average Bonchev–Trinajstić information content (AvgIpc) is 2.88. The van der Waals surface area contributed by atoms with E-state index >= 15 is 0 Å². The Morgan fingerprint density at radius 3 is 2.35 bits per heavy atom. The van der Waals surface area contributed by atoms with Gasteiger partial charge in [0.15, 0.2) is 5.82 Å². The summed E-state index contributed by atoms with van der Waals surface area (Å²) in [6.45, 7) is 9.61. The molecule has 1 aliphatic rings. The summed E-state index contributed by atoms with van der Waals surface area (Å²) in [5.74, 6) is 1.65. The molecule has 0 bridgehead atoms. The van der Waals surface area contributed by atoms with Crippen molar-refractivity contribution in [3.8, 4) is 0 Å². The standard InChI is InChI=1S/C15H26N2O3/c1-5-18-14(19-6-2)13-16-12(17-20-13)11-7-9-15(3,4)10-8-11/h11,14H,5-10H2,1-4H3. The molecule has 0 N–H and O–H groups in total. The van der Waals surface area contributed by atoms with E-state index in [0.29, 0.717) is 30.4 Å². The maximum Gasteiger partial charge on any atom is 0.283 e. The minimum atomic E-state index is -0.536. The van der Waals surface area contributed by atoms with Crippen molar-refractivity contribution in [1.82, 2.24) is 10.1 Å². The van der Waals surface area contributed by atoms with Crippen molar-refractivity contribution in [2.45, 2.75) is 65.6 Å². The van der Waals surface area contributed by atoms with E-state index in [1.807, 2.05) is 13.8 Å². The van der Waals surface area contributed by atoms with Crippen LogP contribution in [0.5, 0.6) is 0 Å². The van der Waals surface area contributed by atoms with Crippen molar-refractivity contribution in [1.29, 1.82) is 0 Å². The molecule has 1 saturated carbocycles. The second-order valence-electron chi connectivity index (χ2n) is 6.17. The number of aromatic nitrogens is 2. The van der Waals surface area contributed by atoms with Gasteiger partial charge in [0, 0.05) is 19.1 Å². The Morgan fingerprint density at radius 1 is 1.20 bits per heavy atom. The zero-order valence-corrected chi connectivity index (χ0v) is 13.0. The topological polar surface area (TPSA) is 57.4 Å². The molecule has 0 unspecified atom stereocenters. The Morgan fingerprint density at radius 2 is 1.80 bits per heavy atom. The summed E-state index contributed by atoms with van der Waals surface area (Å²) < 4.78 is 16.3. The van der Waals surface area contributed by atoms with Gasteiger partial charge in [-0.3, -0.25) is 0 Å². The molecule has 0 saturated heterocycles. The molecule has 5 nitrogen and oxygen atoms in total. The highest BCUT2D eigenvalue weighted by Gasteiger charge is 2.31. The van der Waals surface area contributed by atoms with Gasteiger partial charge in [-0.2, -0.15) is 4.98 Å². The predicted octanol–water partition coefficient (Wildman–Crippen LogP) is 3.83. The molecule has 0 radical (unpaired) electrons. The minimum absolute atomic E-state index is 0.407. The lowest BCUT2D eigenvalue weighted by Crippen LogP contribution is -2.20. The van der Waals surface area contributed by atoms with Crippen LogP contribution >= 0.6 is 0 Å². The lowest BCUT2D eigenvalue weighted by molar-refractivity contribution is -0.155. The molecule has 0 aliphatic heterocycles. The summed E-state index contributed by atoms with van der Waals surface area (Å²) in [6, 6.07) is 0. The summed E-state index contributed by atoms with van der Waals surface area (Å²) in [5, 5.41) is 4.13. The van der Waals surface area contributed by atoms with E-state index in [1.165, 1.54) is 12.8 Å². The van der Waals surface area contributed by atoms with Crippen LogP contribution in [0.4, 0.5) is 0 Å². The molecule has 1 aliphatic carbocycles. The van der Waals surface area contributed by atoms with Crippen molar-refractivity contribution < 1.29 is 14.0 Å². The van der Waals surface area contributed by atoms with E-state index in [9.17, 15) is 0 Å². The van der Waals surface area contributed by atoms with Crippen LogP contribution in [-0.4, -0.2) is 23.4 Å². The first-order valence-electron chi connectivity index (χ1n) is 7.62. The zero-order valence-electron chi connectivity index (χ0n) is 13.0. The summed E-state index contributed by atoms with van der Waals surface area (Å²) >= 11 is 0. The van der Waals surface area contributed by atoms with Gasteiger partial charge in [0.2, 0.25) is 6.29 Å². The fourth-order valence-electron chi connectivity index (χ4n) is 2.66. The van der Waals surface area contributed by atoms with Gasteiger partial charge in [0.1, 0.15) is 0 Å². The Labute approximate surface area is 121 Å². The van der Waals surface area contributed by atoms with Crippen LogP contribution in [0.2, 0.25) is 0 Å². The van der Waals surface area contributed by atoms with E-state index in [0.717, 1.165) is 18.7 Å². The third-order valence-electron chi connectivity index (χ3n) is 4.00. The molecule has 114 valence electrons. The highest BCUT2D eigenvalue weighted by Crippen LogP contribution is 2.41. The second kappa shape index (κ2) is 6.68. The van der Waals surface area contributed by atoms with Crippen LogP contribution in [0, 0.1) is 5.41 Å². The number of hydrogen-bond donors (Lipinski definition) is 0. The molecular weight excluding hydrogens is 256 g/mol. The van der Waals surface area contributed by atoms with Crippen molar-refractivity contribution in [3.63, 3.8) is 0 Å². The first-order chi connectivity index (χ1) is 9.55. The maximum atomic E-state index is 5.48. The lowest BCUT2D eigenvalue weighted by atomic mass is 9.73. The smallest absolute Gasteiger partial charge is 0.283 e. The maximum absolute atomic E-state index is 5.48. The number of nitrogens with zero attached hydrogens (tertiary/aromatic N) is 2. The minimum Gasteiger partial charge on any atom is -0.345 e. The Balaban J connectivity index is 2.01. The molecule has 0 spiro atoms. The number of ether oxygens (including phenoxy) is 2.